The second-order valence-electron chi connectivity index (χ2n) is 7.09. The Morgan fingerprint density at radius 1 is 1.29 bits per heavy atom. The summed E-state index contributed by atoms with van der Waals surface area (Å²) < 4.78 is 5.06. The molecule has 0 bridgehead atoms. The lowest BCUT2D eigenvalue weighted by Crippen LogP contribution is -2.35. The molecule has 1 saturated carbocycles. The molecule has 132 valence electrons. The lowest BCUT2D eigenvalue weighted by molar-refractivity contribution is -0.128. The highest BCUT2D eigenvalue weighted by molar-refractivity contribution is 5.79. The Morgan fingerprint density at radius 2 is 2.08 bits per heavy atom. The van der Waals surface area contributed by atoms with Gasteiger partial charge in [0.25, 0.3) is 0 Å². The van der Waals surface area contributed by atoms with Gasteiger partial charge in [0.15, 0.2) is 11.5 Å². The number of benzene rings is 1. The molecule has 1 atom stereocenters. The quantitative estimate of drug-likeness (QED) is 0.841. The number of carbonyl (C=O) groups is 1. The van der Waals surface area contributed by atoms with Crippen molar-refractivity contribution < 1.29 is 14.6 Å². The first-order valence-electron chi connectivity index (χ1n) is 9.02. The van der Waals surface area contributed by atoms with Crippen LogP contribution in [0.1, 0.15) is 44.1 Å². The number of phenolic OH excluding ortho intramolecular Hbond substituents is 1. The molecule has 0 radical (unpaired) electrons. The summed E-state index contributed by atoms with van der Waals surface area (Å²) >= 11 is 0. The predicted molar refractivity (Wildman–Crippen MR) is 93.1 cm³/mol. The van der Waals surface area contributed by atoms with E-state index in [-0.39, 0.29) is 17.7 Å². The van der Waals surface area contributed by atoms with Crippen LogP contribution in [0.15, 0.2) is 18.2 Å². The number of likely N-dealkylation sites (tertiary alicyclic amines) is 1. The van der Waals surface area contributed by atoms with Crippen molar-refractivity contribution in [1.82, 2.24) is 10.2 Å². The Labute approximate surface area is 144 Å². The minimum Gasteiger partial charge on any atom is -0.504 e. The van der Waals surface area contributed by atoms with Gasteiger partial charge in [-0.3, -0.25) is 4.79 Å². The van der Waals surface area contributed by atoms with Crippen LogP contribution in [0.3, 0.4) is 0 Å². The van der Waals surface area contributed by atoms with E-state index in [1.54, 1.807) is 12.1 Å². The fourth-order valence-electron chi connectivity index (χ4n) is 3.87. The summed E-state index contributed by atoms with van der Waals surface area (Å²) in [6, 6.07) is 5.61. The minimum absolute atomic E-state index is 0.151. The van der Waals surface area contributed by atoms with Crippen LogP contribution in [0.25, 0.3) is 0 Å². The zero-order chi connectivity index (χ0) is 16.9. The summed E-state index contributed by atoms with van der Waals surface area (Å²) in [4.78, 5) is 14.3. The molecule has 5 heteroatoms. The van der Waals surface area contributed by atoms with Crippen LogP contribution >= 0.6 is 0 Å². The number of phenols is 1. The van der Waals surface area contributed by atoms with E-state index >= 15 is 0 Å². The lowest BCUT2D eigenvalue weighted by atomic mass is 9.89. The van der Waals surface area contributed by atoms with Crippen molar-refractivity contribution in [3.8, 4) is 11.5 Å². The Kier molecular flexibility index (Phi) is 5.61. The average molecular weight is 332 g/mol. The van der Waals surface area contributed by atoms with E-state index in [2.05, 4.69) is 5.32 Å². The number of hydrogen-bond donors (Lipinski definition) is 2. The van der Waals surface area contributed by atoms with Crippen LogP contribution in [0.5, 0.6) is 11.5 Å². The zero-order valence-corrected chi connectivity index (χ0v) is 14.5. The van der Waals surface area contributed by atoms with Crippen LogP contribution in [-0.4, -0.2) is 42.2 Å². The maximum absolute atomic E-state index is 12.2. The predicted octanol–water partition coefficient (Wildman–Crippen LogP) is 2.67. The van der Waals surface area contributed by atoms with Crippen LogP contribution in [-0.2, 0) is 11.3 Å². The van der Waals surface area contributed by atoms with Gasteiger partial charge in [-0.15, -0.1) is 0 Å². The standard InChI is InChI=1S/C19H28N2O3/c1-24-18-8-7-15(9-17(18)22)11-20-16-10-19(23)21(13-16)12-14-5-3-2-4-6-14/h7-9,14,16,20,22H,2-6,10-13H2,1H3. The molecule has 2 aliphatic rings. The molecule has 24 heavy (non-hydrogen) atoms. The summed E-state index contributed by atoms with van der Waals surface area (Å²) in [6.07, 6.45) is 7.10. The Hall–Kier alpha value is -1.75. The average Bonchev–Trinajstić information content (AvgIpc) is 2.94. The van der Waals surface area contributed by atoms with Crippen molar-refractivity contribution >= 4 is 5.91 Å². The number of rotatable bonds is 6. The molecule has 3 rings (SSSR count). The zero-order valence-electron chi connectivity index (χ0n) is 14.5. The van der Waals surface area contributed by atoms with Gasteiger partial charge in [0.05, 0.1) is 7.11 Å². The minimum atomic E-state index is 0.151. The Bertz CT molecular complexity index is 570. The van der Waals surface area contributed by atoms with Gasteiger partial charge in [-0.05, 0) is 36.5 Å². The third kappa shape index (κ3) is 4.20. The fraction of sp³-hybridized carbons (Fsp3) is 0.632. The van der Waals surface area contributed by atoms with E-state index in [0.717, 1.165) is 18.7 Å². The van der Waals surface area contributed by atoms with Gasteiger partial charge < -0.3 is 20.1 Å². The van der Waals surface area contributed by atoms with Crippen molar-refractivity contribution in [3.63, 3.8) is 0 Å². The Balaban J connectivity index is 1.48. The molecular formula is C19H28N2O3. The largest absolute Gasteiger partial charge is 0.504 e. The van der Waals surface area contributed by atoms with Crippen LogP contribution in [0, 0.1) is 5.92 Å². The molecule has 1 aromatic carbocycles. The summed E-state index contributed by atoms with van der Waals surface area (Å²) in [6.45, 7) is 2.38. The smallest absolute Gasteiger partial charge is 0.224 e. The number of methoxy groups -OCH3 is 1. The van der Waals surface area contributed by atoms with Gasteiger partial charge in [0.1, 0.15) is 0 Å². The van der Waals surface area contributed by atoms with Crippen molar-refractivity contribution in [2.24, 2.45) is 5.92 Å². The second-order valence-corrected chi connectivity index (χ2v) is 7.09. The number of hydrogen-bond acceptors (Lipinski definition) is 4. The highest BCUT2D eigenvalue weighted by Gasteiger charge is 2.31. The monoisotopic (exact) mass is 332 g/mol. The summed E-state index contributed by atoms with van der Waals surface area (Å²) in [5.74, 6) is 1.60. The molecule has 1 saturated heterocycles. The first kappa shape index (κ1) is 17.1. The molecule has 0 spiro atoms. The summed E-state index contributed by atoms with van der Waals surface area (Å²) in [7, 11) is 1.54. The number of carbonyl (C=O) groups excluding carboxylic acids is 1. The lowest BCUT2D eigenvalue weighted by Gasteiger charge is -2.27. The SMILES string of the molecule is COc1ccc(CNC2CC(=O)N(CC3CCCCC3)C2)cc1O. The molecule has 1 aromatic rings. The fourth-order valence-corrected chi connectivity index (χ4v) is 3.87. The molecule has 1 amide bonds. The van der Waals surface area contributed by atoms with Gasteiger partial charge >= 0.3 is 0 Å². The molecule has 5 nitrogen and oxygen atoms in total. The van der Waals surface area contributed by atoms with Crippen molar-refractivity contribution in [1.29, 1.82) is 0 Å². The van der Waals surface area contributed by atoms with E-state index in [9.17, 15) is 9.90 Å². The first-order chi connectivity index (χ1) is 11.7. The topological polar surface area (TPSA) is 61.8 Å². The van der Waals surface area contributed by atoms with Crippen LogP contribution < -0.4 is 10.1 Å². The molecule has 1 unspecified atom stereocenters. The number of nitrogens with zero attached hydrogens (tertiary/aromatic N) is 1. The van der Waals surface area contributed by atoms with Gasteiger partial charge in [0, 0.05) is 32.1 Å². The van der Waals surface area contributed by atoms with E-state index < -0.39 is 0 Å². The molecular weight excluding hydrogens is 304 g/mol. The van der Waals surface area contributed by atoms with Crippen molar-refractivity contribution in [2.75, 3.05) is 20.2 Å². The Morgan fingerprint density at radius 3 is 2.79 bits per heavy atom. The van der Waals surface area contributed by atoms with Crippen LogP contribution in [0.2, 0.25) is 0 Å². The highest BCUT2D eigenvalue weighted by Crippen LogP contribution is 2.27. The number of ether oxygens (including phenoxy) is 1. The molecule has 1 aliphatic carbocycles. The van der Waals surface area contributed by atoms with Crippen molar-refractivity contribution in [3.05, 3.63) is 23.8 Å². The summed E-state index contributed by atoms with van der Waals surface area (Å²) in [5, 5.41) is 13.3. The van der Waals surface area contributed by atoms with E-state index in [1.807, 2.05) is 11.0 Å². The van der Waals surface area contributed by atoms with Gasteiger partial charge in [-0.1, -0.05) is 25.3 Å². The molecule has 0 aromatic heterocycles. The summed E-state index contributed by atoms with van der Waals surface area (Å²) in [5.41, 5.74) is 0.992. The van der Waals surface area contributed by atoms with Gasteiger partial charge in [0.2, 0.25) is 5.91 Å². The van der Waals surface area contributed by atoms with Gasteiger partial charge in [-0.25, -0.2) is 0 Å². The highest BCUT2D eigenvalue weighted by atomic mass is 16.5. The van der Waals surface area contributed by atoms with Gasteiger partial charge in [-0.2, -0.15) is 0 Å². The molecule has 2 fully saturated rings. The maximum atomic E-state index is 12.2. The molecule has 1 heterocycles. The molecule has 1 aliphatic heterocycles. The molecule has 2 N–H and O–H groups in total. The second kappa shape index (κ2) is 7.88. The first-order valence-corrected chi connectivity index (χ1v) is 9.02. The van der Waals surface area contributed by atoms with E-state index in [4.69, 9.17) is 4.74 Å². The normalized spacial score (nSPS) is 22.1. The maximum Gasteiger partial charge on any atom is 0.224 e. The third-order valence-electron chi connectivity index (χ3n) is 5.26. The number of nitrogens with one attached hydrogen (secondary N) is 1. The van der Waals surface area contributed by atoms with E-state index in [1.165, 1.54) is 39.2 Å². The number of amides is 1. The van der Waals surface area contributed by atoms with E-state index in [0.29, 0.717) is 24.6 Å². The van der Waals surface area contributed by atoms with Crippen molar-refractivity contribution in [2.45, 2.75) is 51.1 Å². The number of aromatic hydroxyl groups is 1. The van der Waals surface area contributed by atoms with Crippen LogP contribution in [0.4, 0.5) is 0 Å². The third-order valence-corrected chi connectivity index (χ3v) is 5.26.